The van der Waals surface area contributed by atoms with E-state index in [0.717, 1.165) is 0 Å². The van der Waals surface area contributed by atoms with E-state index in [1.165, 1.54) is 13.2 Å². The van der Waals surface area contributed by atoms with Crippen LogP contribution in [0.1, 0.15) is 12.7 Å². The predicted octanol–water partition coefficient (Wildman–Crippen LogP) is 0.881. The molecule has 0 fully saturated rings. The summed E-state index contributed by atoms with van der Waals surface area (Å²) in [6, 6.07) is 1.54. The molecule has 0 saturated heterocycles. The molecule has 60 valence electrons. The zero-order chi connectivity index (χ0) is 8.27. The van der Waals surface area contributed by atoms with E-state index in [4.69, 9.17) is 14.5 Å². The van der Waals surface area contributed by atoms with Crippen molar-refractivity contribution in [3.63, 3.8) is 0 Å². The normalized spacial score (nSPS) is 11.6. The van der Waals surface area contributed by atoms with Crippen molar-refractivity contribution >= 4 is 5.71 Å². The van der Waals surface area contributed by atoms with E-state index in [1.54, 1.807) is 6.92 Å². The smallest absolute Gasteiger partial charge is 0.254 e. The first-order valence-electron chi connectivity index (χ1n) is 2.97. The second kappa shape index (κ2) is 3.05. The fourth-order valence-electron chi connectivity index (χ4n) is 0.575. The molecule has 5 nitrogen and oxygen atoms in total. The van der Waals surface area contributed by atoms with Crippen LogP contribution in [0.5, 0.6) is 5.88 Å². The quantitative estimate of drug-likeness (QED) is 0.392. The molecule has 0 radical (unpaired) electrons. The molecule has 0 saturated carbocycles. The molecule has 1 aromatic rings. The van der Waals surface area contributed by atoms with Gasteiger partial charge in [-0.1, -0.05) is 5.16 Å². The lowest BCUT2D eigenvalue weighted by molar-refractivity contribution is 0.313. The molecule has 0 amide bonds. The summed E-state index contributed by atoms with van der Waals surface area (Å²) < 4.78 is 9.49. The standard InChI is InChI=1S/C6H8N2O3/c1-4(7-9)5-3-6(10-2)8-11-5/h3,9H,1-2H3. The number of methoxy groups -OCH3 is 1. The van der Waals surface area contributed by atoms with Crippen LogP contribution in [0.4, 0.5) is 0 Å². The Morgan fingerprint density at radius 1 is 1.82 bits per heavy atom. The molecule has 1 N–H and O–H groups in total. The van der Waals surface area contributed by atoms with Gasteiger partial charge in [-0.3, -0.25) is 0 Å². The van der Waals surface area contributed by atoms with Gasteiger partial charge in [0.05, 0.1) is 13.2 Å². The Morgan fingerprint density at radius 3 is 3.00 bits per heavy atom. The Balaban J connectivity index is 2.89. The summed E-state index contributed by atoms with van der Waals surface area (Å²) in [6.45, 7) is 1.60. The third-order valence-corrected chi connectivity index (χ3v) is 1.20. The van der Waals surface area contributed by atoms with Crippen molar-refractivity contribution in [1.29, 1.82) is 0 Å². The molecule has 5 heteroatoms. The number of hydrogen-bond donors (Lipinski definition) is 1. The van der Waals surface area contributed by atoms with Crippen LogP contribution in [0.2, 0.25) is 0 Å². The molecule has 0 atom stereocenters. The van der Waals surface area contributed by atoms with E-state index in [1.807, 2.05) is 0 Å². The molecular formula is C6H8N2O3. The van der Waals surface area contributed by atoms with Gasteiger partial charge in [-0.2, -0.15) is 0 Å². The summed E-state index contributed by atoms with van der Waals surface area (Å²) in [5.74, 6) is 0.757. The van der Waals surface area contributed by atoms with Gasteiger partial charge in [0.2, 0.25) is 0 Å². The van der Waals surface area contributed by atoms with Crippen molar-refractivity contribution in [1.82, 2.24) is 5.16 Å². The highest BCUT2D eigenvalue weighted by molar-refractivity contribution is 5.95. The summed E-state index contributed by atoms with van der Waals surface area (Å²) in [5, 5.41) is 14.8. The number of aromatic nitrogens is 1. The zero-order valence-corrected chi connectivity index (χ0v) is 6.24. The van der Waals surface area contributed by atoms with E-state index in [9.17, 15) is 0 Å². The molecule has 0 aliphatic carbocycles. The largest absolute Gasteiger partial charge is 0.479 e. The van der Waals surface area contributed by atoms with E-state index < -0.39 is 0 Å². The Morgan fingerprint density at radius 2 is 2.55 bits per heavy atom. The topological polar surface area (TPSA) is 67.8 Å². The van der Waals surface area contributed by atoms with Gasteiger partial charge >= 0.3 is 0 Å². The fourth-order valence-corrected chi connectivity index (χ4v) is 0.575. The maximum Gasteiger partial charge on any atom is 0.254 e. The molecule has 11 heavy (non-hydrogen) atoms. The minimum atomic E-state index is 0.362. The van der Waals surface area contributed by atoms with Crippen LogP contribution >= 0.6 is 0 Å². The summed E-state index contributed by atoms with van der Waals surface area (Å²) in [7, 11) is 1.48. The third kappa shape index (κ3) is 1.49. The summed E-state index contributed by atoms with van der Waals surface area (Å²) in [4.78, 5) is 0. The Bertz CT molecular complexity index is 267. The van der Waals surface area contributed by atoms with Crippen molar-refractivity contribution in [3.05, 3.63) is 11.8 Å². The Hall–Kier alpha value is -1.52. The lowest BCUT2D eigenvalue weighted by Crippen LogP contribution is -1.90. The molecule has 1 rings (SSSR count). The van der Waals surface area contributed by atoms with Gasteiger partial charge in [-0.15, -0.1) is 0 Å². The maximum atomic E-state index is 8.33. The summed E-state index contributed by atoms with van der Waals surface area (Å²) in [5.41, 5.74) is 0.362. The van der Waals surface area contributed by atoms with Crippen LogP contribution < -0.4 is 4.74 Å². The van der Waals surface area contributed by atoms with Gasteiger partial charge in [0.25, 0.3) is 5.88 Å². The average molecular weight is 156 g/mol. The lowest BCUT2D eigenvalue weighted by Gasteiger charge is -1.85. The first-order valence-corrected chi connectivity index (χ1v) is 2.97. The van der Waals surface area contributed by atoms with Crippen LogP contribution in [-0.4, -0.2) is 23.2 Å². The monoisotopic (exact) mass is 156 g/mol. The van der Waals surface area contributed by atoms with Crippen molar-refractivity contribution < 1.29 is 14.5 Å². The minimum absolute atomic E-state index is 0.362. The zero-order valence-electron chi connectivity index (χ0n) is 6.24. The predicted molar refractivity (Wildman–Crippen MR) is 37.1 cm³/mol. The van der Waals surface area contributed by atoms with E-state index >= 15 is 0 Å². The van der Waals surface area contributed by atoms with Gasteiger partial charge in [-0.05, 0) is 12.1 Å². The number of hydrogen-bond acceptors (Lipinski definition) is 5. The number of ether oxygens (including phenoxy) is 1. The molecule has 0 aromatic carbocycles. The molecule has 0 bridgehead atoms. The van der Waals surface area contributed by atoms with Crippen LogP contribution in [-0.2, 0) is 0 Å². The summed E-state index contributed by atoms with van der Waals surface area (Å²) in [6.07, 6.45) is 0. The first-order chi connectivity index (χ1) is 5.27. The molecule has 0 aliphatic rings. The van der Waals surface area contributed by atoms with Gasteiger partial charge in [0.15, 0.2) is 5.76 Å². The highest BCUT2D eigenvalue weighted by Crippen LogP contribution is 2.10. The van der Waals surface area contributed by atoms with Gasteiger partial charge < -0.3 is 14.5 Å². The van der Waals surface area contributed by atoms with Crippen molar-refractivity contribution in [2.75, 3.05) is 7.11 Å². The second-order valence-corrected chi connectivity index (χ2v) is 1.92. The summed E-state index contributed by atoms with van der Waals surface area (Å²) >= 11 is 0. The Labute approximate surface area is 63.2 Å². The Kier molecular flexibility index (Phi) is 2.10. The van der Waals surface area contributed by atoms with Crippen LogP contribution in [0.3, 0.4) is 0 Å². The van der Waals surface area contributed by atoms with Crippen molar-refractivity contribution in [2.24, 2.45) is 5.16 Å². The third-order valence-electron chi connectivity index (χ3n) is 1.20. The molecule has 0 aliphatic heterocycles. The van der Waals surface area contributed by atoms with Gasteiger partial charge in [-0.25, -0.2) is 0 Å². The van der Waals surface area contributed by atoms with E-state index in [-0.39, 0.29) is 0 Å². The number of rotatable bonds is 2. The first kappa shape index (κ1) is 7.59. The van der Waals surface area contributed by atoms with Gasteiger partial charge in [0.1, 0.15) is 5.71 Å². The highest BCUT2D eigenvalue weighted by Gasteiger charge is 2.06. The number of oxime groups is 1. The second-order valence-electron chi connectivity index (χ2n) is 1.92. The van der Waals surface area contributed by atoms with E-state index in [2.05, 4.69) is 10.3 Å². The fraction of sp³-hybridized carbons (Fsp3) is 0.333. The van der Waals surface area contributed by atoms with Crippen LogP contribution in [0, 0.1) is 0 Å². The van der Waals surface area contributed by atoms with Gasteiger partial charge in [0, 0.05) is 0 Å². The molecule has 1 aromatic heterocycles. The lowest BCUT2D eigenvalue weighted by atomic mass is 10.3. The minimum Gasteiger partial charge on any atom is -0.479 e. The molecule has 1 heterocycles. The van der Waals surface area contributed by atoms with Crippen LogP contribution in [0.15, 0.2) is 15.7 Å². The number of nitrogens with zero attached hydrogens (tertiary/aromatic N) is 2. The molecule has 0 unspecified atom stereocenters. The molecule has 0 spiro atoms. The molecular weight excluding hydrogens is 148 g/mol. The van der Waals surface area contributed by atoms with Crippen molar-refractivity contribution in [2.45, 2.75) is 6.92 Å². The SMILES string of the molecule is COc1cc(C(C)=NO)on1. The average Bonchev–Trinajstić information content (AvgIpc) is 2.50. The van der Waals surface area contributed by atoms with Crippen LogP contribution in [0.25, 0.3) is 0 Å². The van der Waals surface area contributed by atoms with E-state index in [0.29, 0.717) is 17.4 Å². The highest BCUT2D eigenvalue weighted by atomic mass is 16.5. The van der Waals surface area contributed by atoms with Crippen molar-refractivity contribution in [3.8, 4) is 5.88 Å². The maximum absolute atomic E-state index is 8.33.